The fourth-order valence-electron chi connectivity index (χ4n) is 9.04. The lowest BCUT2D eigenvalue weighted by Crippen LogP contribution is -2.53. The molecule has 2 aliphatic carbocycles. The van der Waals surface area contributed by atoms with Crippen molar-refractivity contribution < 1.29 is 48.4 Å². The first kappa shape index (κ1) is 36.0. The van der Waals surface area contributed by atoms with E-state index in [1.165, 1.54) is 30.3 Å². The summed E-state index contributed by atoms with van der Waals surface area (Å²) >= 11 is 6.35. The number of aliphatic hydroxyl groups is 1. The molecule has 6 unspecified atom stereocenters. The Hall–Kier alpha value is -6.05. The van der Waals surface area contributed by atoms with Crippen LogP contribution in [0.5, 0.6) is 11.5 Å². The van der Waals surface area contributed by atoms with Crippen molar-refractivity contribution in [1.29, 1.82) is 0 Å². The Kier molecular flexibility index (Phi) is 8.93. The topological polar surface area (TPSA) is 174 Å². The number of amides is 4. The van der Waals surface area contributed by atoms with Gasteiger partial charge in [0.25, 0.3) is 11.8 Å². The number of carbonyl (C=O) groups excluding carboxylic acids is 4. The van der Waals surface area contributed by atoms with E-state index in [-0.39, 0.29) is 37.4 Å². The Bertz CT molecular complexity index is 2280. The van der Waals surface area contributed by atoms with Gasteiger partial charge in [0.15, 0.2) is 0 Å². The van der Waals surface area contributed by atoms with Gasteiger partial charge >= 0.3 is 5.97 Å². The molecule has 4 amide bonds. The van der Waals surface area contributed by atoms with Gasteiger partial charge in [-0.1, -0.05) is 47.5 Å². The van der Waals surface area contributed by atoms with Crippen molar-refractivity contribution in [2.45, 2.75) is 24.2 Å². The van der Waals surface area contributed by atoms with Gasteiger partial charge in [0.2, 0.25) is 11.8 Å². The van der Waals surface area contributed by atoms with Gasteiger partial charge in [-0.05, 0) is 90.6 Å². The van der Waals surface area contributed by atoms with Crippen LogP contribution in [0.3, 0.4) is 0 Å². The Morgan fingerprint density at radius 1 is 0.909 bits per heavy atom. The zero-order valence-corrected chi connectivity index (χ0v) is 29.7. The molecule has 0 radical (unpaired) electrons. The van der Waals surface area contributed by atoms with Crippen LogP contribution in [-0.4, -0.2) is 63.1 Å². The number of benzene rings is 4. The molecule has 14 heteroatoms. The lowest BCUT2D eigenvalue weighted by molar-refractivity contribution is -0.138. The fourth-order valence-corrected chi connectivity index (χ4v) is 9.17. The molecule has 4 N–H and O–H groups in total. The van der Waals surface area contributed by atoms with Crippen LogP contribution in [0.4, 0.5) is 15.8 Å². The van der Waals surface area contributed by atoms with Crippen LogP contribution in [0.1, 0.15) is 40.2 Å². The maximum absolute atomic E-state index is 15.2. The van der Waals surface area contributed by atoms with Gasteiger partial charge in [-0.25, -0.2) is 14.1 Å². The molecular formula is C41H33ClFN3O9. The molecule has 8 rings (SSSR count). The summed E-state index contributed by atoms with van der Waals surface area (Å²) in [5, 5.41) is 30.6. The number of ether oxygens (including phenoxy) is 1. The standard InChI is InChI=1S/C41H33ClFN3O9/c42-23-5-3-22(4-6-23)41-32(37(50)46(40(41)54)44-25-9-7-24(43)8-10-25)20-31-28(35(41)21-1-12-27(13-2-21)55-18-17-47)15-16-30-34(31)38(51)45(36(30)49)26-11-14-29(39(52)53)33(48)19-26/h1-15,19,30-32,34-35,44,47-48H,16-18,20H2,(H,52,53). The summed E-state index contributed by atoms with van der Waals surface area (Å²) in [6.07, 6.45) is 2.02. The number of aromatic carboxylic acids is 1. The number of nitrogens with zero attached hydrogens (tertiary/aromatic N) is 2. The summed E-state index contributed by atoms with van der Waals surface area (Å²) in [6, 6.07) is 22.3. The van der Waals surface area contributed by atoms with Gasteiger partial charge in [0, 0.05) is 17.0 Å². The van der Waals surface area contributed by atoms with Crippen molar-refractivity contribution in [3.8, 4) is 11.5 Å². The molecule has 6 atom stereocenters. The summed E-state index contributed by atoms with van der Waals surface area (Å²) < 4.78 is 19.5. The quantitative estimate of drug-likeness (QED) is 0.127. The van der Waals surface area contributed by atoms with E-state index in [1.54, 1.807) is 48.5 Å². The summed E-state index contributed by atoms with van der Waals surface area (Å²) in [6.45, 7) is -0.153. The number of allylic oxidation sites excluding steroid dienone is 2. The maximum Gasteiger partial charge on any atom is 0.339 e. The molecular weight excluding hydrogens is 733 g/mol. The minimum atomic E-state index is -1.58. The number of hydrogen-bond acceptors (Lipinski definition) is 9. The Morgan fingerprint density at radius 2 is 1.62 bits per heavy atom. The van der Waals surface area contributed by atoms with Crippen molar-refractivity contribution in [1.82, 2.24) is 5.01 Å². The second-order valence-corrected chi connectivity index (χ2v) is 14.5. The molecule has 12 nitrogen and oxygen atoms in total. The molecule has 2 heterocycles. The number of carbonyl (C=O) groups is 5. The molecule has 0 bridgehead atoms. The molecule has 3 fully saturated rings. The molecule has 4 aromatic rings. The Morgan fingerprint density at radius 3 is 2.27 bits per heavy atom. The minimum Gasteiger partial charge on any atom is -0.507 e. The first-order valence-electron chi connectivity index (χ1n) is 17.6. The molecule has 1 saturated carbocycles. The number of imide groups is 2. The van der Waals surface area contributed by atoms with Crippen molar-refractivity contribution in [2.75, 3.05) is 23.5 Å². The molecule has 0 spiro atoms. The Balaban J connectivity index is 1.29. The van der Waals surface area contributed by atoms with Gasteiger partial charge in [-0.2, -0.15) is 5.01 Å². The van der Waals surface area contributed by atoms with Gasteiger partial charge in [-0.3, -0.25) is 24.6 Å². The largest absolute Gasteiger partial charge is 0.507 e. The first-order valence-corrected chi connectivity index (χ1v) is 18.0. The van der Waals surface area contributed by atoms with Crippen molar-refractivity contribution in [3.63, 3.8) is 0 Å². The number of carboxylic acids is 1. The van der Waals surface area contributed by atoms with Crippen LogP contribution < -0.4 is 15.1 Å². The average molecular weight is 766 g/mol. The Labute approximate surface area is 318 Å². The predicted octanol–water partition coefficient (Wildman–Crippen LogP) is 5.44. The van der Waals surface area contributed by atoms with Crippen LogP contribution in [0.15, 0.2) is 103 Å². The van der Waals surface area contributed by atoms with Crippen molar-refractivity contribution in [2.24, 2.45) is 23.7 Å². The molecule has 0 aromatic heterocycles. The van der Waals surface area contributed by atoms with E-state index >= 15 is 4.79 Å². The van der Waals surface area contributed by atoms with Gasteiger partial charge in [0.05, 0.1) is 41.2 Å². The molecule has 4 aliphatic rings. The van der Waals surface area contributed by atoms with Gasteiger partial charge < -0.3 is 20.1 Å². The highest BCUT2D eigenvalue weighted by molar-refractivity contribution is 6.30. The number of anilines is 2. The number of fused-ring (bicyclic) bond motifs is 4. The number of carboxylic acid groups (broad SMARTS) is 1. The monoisotopic (exact) mass is 765 g/mol. The zero-order chi connectivity index (χ0) is 38.8. The molecule has 2 aliphatic heterocycles. The van der Waals surface area contributed by atoms with Crippen LogP contribution in [0, 0.1) is 29.5 Å². The average Bonchev–Trinajstić information content (AvgIpc) is 3.55. The summed E-state index contributed by atoms with van der Waals surface area (Å²) in [4.78, 5) is 71.1. The van der Waals surface area contributed by atoms with E-state index in [0.717, 1.165) is 22.0 Å². The molecule has 280 valence electrons. The highest BCUT2D eigenvalue weighted by Gasteiger charge is 2.70. The van der Waals surface area contributed by atoms with Crippen LogP contribution >= 0.6 is 11.6 Å². The highest BCUT2D eigenvalue weighted by atomic mass is 35.5. The summed E-state index contributed by atoms with van der Waals surface area (Å²) in [5.74, 6) is -8.71. The smallest absolute Gasteiger partial charge is 0.339 e. The van der Waals surface area contributed by atoms with Crippen molar-refractivity contribution >= 4 is 52.6 Å². The van der Waals surface area contributed by atoms with Gasteiger partial charge in [-0.15, -0.1) is 0 Å². The first-order chi connectivity index (χ1) is 26.4. The second-order valence-electron chi connectivity index (χ2n) is 14.0. The fraction of sp³-hybridized carbons (Fsp3) is 0.244. The third kappa shape index (κ3) is 5.64. The SMILES string of the molecule is O=C(O)c1ccc(N2C(=O)C3CC=C4C(CC5C(=O)N(Nc6ccc(F)cc6)C(=O)C5(c5ccc(Cl)cc5)C4c4ccc(OCCO)cc4)C3C2=O)cc1O. The van der Waals surface area contributed by atoms with Crippen molar-refractivity contribution in [3.05, 3.63) is 130 Å². The van der Waals surface area contributed by atoms with Crippen LogP contribution in [0.2, 0.25) is 5.02 Å². The molecule has 4 aromatic carbocycles. The third-order valence-corrected chi connectivity index (χ3v) is 11.6. The maximum atomic E-state index is 15.2. The summed E-state index contributed by atoms with van der Waals surface area (Å²) in [7, 11) is 0. The summed E-state index contributed by atoms with van der Waals surface area (Å²) in [5.41, 5.74) is 3.04. The van der Waals surface area contributed by atoms with E-state index in [0.29, 0.717) is 27.5 Å². The minimum absolute atomic E-state index is 0.00601. The van der Waals surface area contributed by atoms with Crippen LogP contribution in [0.25, 0.3) is 0 Å². The molecule has 2 saturated heterocycles. The number of phenols is 1. The number of halogens is 2. The van der Waals surface area contributed by atoms with E-state index < -0.39 is 81.7 Å². The lowest BCUT2D eigenvalue weighted by atomic mass is 9.49. The normalized spacial score (nSPS) is 25.7. The number of hydrogen-bond donors (Lipinski definition) is 4. The van der Waals surface area contributed by atoms with E-state index in [1.807, 2.05) is 6.08 Å². The highest BCUT2D eigenvalue weighted by Crippen LogP contribution is 2.64. The third-order valence-electron chi connectivity index (χ3n) is 11.3. The number of hydrazine groups is 1. The second kappa shape index (κ2) is 13.7. The number of aliphatic hydroxyl groups excluding tert-OH is 1. The van der Waals surface area contributed by atoms with Gasteiger partial charge in [0.1, 0.15) is 29.5 Å². The van der Waals surface area contributed by atoms with Crippen LogP contribution in [-0.2, 0) is 24.6 Å². The predicted molar refractivity (Wildman–Crippen MR) is 196 cm³/mol. The van der Waals surface area contributed by atoms with E-state index in [4.69, 9.17) is 16.3 Å². The van der Waals surface area contributed by atoms with E-state index in [2.05, 4.69) is 5.43 Å². The number of aromatic hydroxyl groups is 1. The number of rotatable bonds is 9. The zero-order valence-electron chi connectivity index (χ0n) is 28.9. The lowest BCUT2D eigenvalue weighted by Gasteiger charge is -2.50. The van der Waals surface area contributed by atoms with E-state index in [9.17, 15) is 38.9 Å². The number of nitrogens with one attached hydrogen (secondary N) is 1. The molecule has 55 heavy (non-hydrogen) atoms.